The van der Waals surface area contributed by atoms with E-state index in [1.807, 2.05) is 12.1 Å². The van der Waals surface area contributed by atoms with E-state index in [0.29, 0.717) is 12.3 Å². The van der Waals surface area contributed by atoms with Crippen LogP contribution in [0.1, 0.15) is 36.8 Å². The normalized spacial score (nSPS) is 18.2. The maximum absolute atomic E-state index is 11.4. The SMILES string of the molecule is Cc1cccc(CC(C(=O)O)C2CCCC2)c1. The first-order chi connectivity index (χ1) is 8.16. The molecule has 1 unspecified atom stereocenters. The quantitative estimate of drug-likeness (QED) is 0.863. The molecule has 2 nitrogen and oxygen atoms in total. The molecule has 0 spiro atoms. The standard InChI is InChI=1S/C15H20O2/c1-11-5-4-6-12(9-11)10-14(15(16)17)13-7-2-3-8-13/h4-6,9,13-14H,2-3,7-8,10H2,1H3,(H,16,17). The van der Waals surface area contributed by atoms with Crippen molar-refractivity contribution < 1.29 is 9.90 Å². The molecule has 1 saturated carbocycles. The summed E-state index contributed by atoms with van der Waals surface area (Å²) >= 11 is 0. The molecule has 1 aromatic rings. The third-order valence-corrected chi connectivity index (χ3v) is 3.82. The van der Waals surface area contributed by atoms with Crippen molar-refractivity contribution in [1.82, 2.24) is 0 Å². The van der Waals surface area contributed by atoms with Crippen molar-refractivity contribution in [3.05, 3.63) is 35.4 Å². The van der Waals surface area contributed by atoms with Gasteiger partial charge >= 0.3 is 5.97 Å². The average Bonchev–Trinajstić information content (AvgIpc) is 2.78. The van der Waals surface area contributed by atoms with Crippen molar-refractivity contribution in [2.45, 2.75) is 39.0 Å². The fourth-order valence-corrected chi connectivity index (χ4v) is 2.91. The molecular formula is C15H20O2. The predicted molar refractivity (Wildman–Crippen MR) is 68.0 cm³/mol. The zero-order chi connectivity index (χ0) is 12.3. The molecule has 0 heterocycles. The van der Waals surface area contributed by atoms with E-state index in [4.69, 9.17) is 0 Å². The molecule has 0 aliphatic heterocycles. The Hall–Kier alpha value is -1.31. The van der Waals surface area contributed by atoms with Crippen molar-refractivity contribution in [2.75, 3.05) is 0 Å². The van der Waals surface area contributed by atoms with Crippen LogP contribution in [-0.2, 0) is 11.2 Å². The van der Waals surface area contributed by atoms with Gasteiger partial charge in [-0.3, -0.25) is 4.79 Å². The molecule has 92 valence electrons. The topological polar surface area (TPSA) is 37.3 Å². The van der Waals surface area contributed by atoms with Gasteiger partial charge < -0.3 is 5.11 Å². The average molecular weight is 232 g/mol. The van der Waals surface area contributed by atoms with Crippen molar-refractivity contribution in [2.24, 2.45) is 11.8 Å². The summed E-state index contributed by atoms with van der Waals surface area (Å²) in [5, 5.41) is 9.36. The number of carboxylic acid groups (broad SMARTS) is 1. The molecule has 2 rings (SSSR count). The zero-order valence-corrected chi connectivity index (χ0v) is 10.4. The Morgan fingerprint density at radius 2 is 2.12 bits per heavy atom. The van der Waals surface area contributed by atoms with E-state index in [1.165, 1.54) is 18.4 Å². The molecule has 1 aromatic carbocycles. The lowest BCUT2D eigenvalue weighted by molar-refractivity contribution is -0.143. The number of carbonyl (C=O) groups is 1. The van der Waals surface area contributed by atoms with E-state index in [2.05, 4.69) is 19.1 Å². The Balaban J connectivity index is 2.09. The van der Waals surface area contributed by atoms with Crippen LogP contribution in [0.25, 0.3) is 0 Å². The highest BCUT2D eigenvalue weighted by atomic mass is 16.4. The lowest BCUT2D eigenvalue weighted by Gasteiger charge is -2.19. The van der Waals surface area contributed by atoms with Crippen LogP contribution in [0.3, 0.4) is 0 Å². The minimum absolute atomic E-state index is 0.195. The Bertz CT molecular complexity index is 392. The van der Waals surface area contributed by atoms with Crippen molar-refractivity contribution in [3.8, 4) is 0 Å². The monoisotopic (exact) mass is 232 g/mol. The van der Waals surface area contributed by atoms with E-state index in [-0.39, 0.29) is 5.92 Å². The Kier molecular flexibility index (Phi) is 3.82. The molecule has 0 saturated heterocycles. The first-order valence-corrected chi connectivity index (χ1v) is 6.45. The Morgan fingerprint density at radius 1 is 1.41 bits per heavy atom. The largest absolute Gasteiger partial charge is 0.481 e. The van der Waals surface area contributed by atoms with Gasteiger partial charge in [0.15, 0.2) is 0 Å². The number of carboxylic acids is 1. The molecule has 0 radical (unpaired) electrons. The second kappa shape index (κ2) is 5.35. The summed E-state index contributed by atoms with van der Waals surface area (Å²) < 4.78 is 0. The van der Waals surface area contributed by atoms with Crippen LogP contribution in [0.15, 0.2) is 24.3 Å². The smallest absolute Gasteiger partial charge is 0.307 e. The zero-order valence-electron chi connectivity index (χ0n) is 10.4. The molecule has 0 bridgehead atoms. The van der Waals surface area contributed by atoms with Gasteiger partial charge in [-0.25, -0.2) is 0 Å². The molecule has 17 heavy (non-hydrogen) atoms. The summed E-state index contributed by atoms with van der Waals surface area (Å²) in [5.74, 6) is -0.439. The Morgan fingerprint density at radius 3 is 2.71 bits per heavy atom. The van der Waals surface area contributed by atoms with Gasteiger partial charge in [0.1, 0.15) is 0 Å². The number of hydrogen-bond donors (Lipinski definition) is 1. The lowest BCUT2D eigenvalue weighted by atomic mass is 9.85. The highest BCUT2D eigenvalue weighted by Gasteiger charge is 2.30. The van der Waals surface area contributed by atoms with E-state index >= 15 is 0 Å². The van der Waals surface area contributed by atoms with Gasteiger partial charge in [0.05, 0.1) is 5.92 Å². The number of rotatable bonds is 4. The molecule has 0 amide bonds. The summed E-state index contributed by atoms with van der Waals surface area (Å²) in [6.07, 6.45) is 5.25. The first kappa shape index (κ1) is 12.2. The molecule has 1 aliphatic carbocycles. The molecule has 2 heteroatoms. The number of aliphatic carboxylic acids is 1. The van der Waals surface area contributed by atoms with Crippen LogP contribution in [0.5, 0.6) is 0 Å². The van der Waals surface area contributed by atoms with Crippen LogP contribution in [-0.4, -0.2) is 11.1 Å². The van der Waals surface area contributed by atoms with Crippen molar-refractivity contribution >= 4 is 5.97 Å². The third-order valence-electron chi connectivity index (χ3n) is 3.82. The summed E-state index contributed by atoms with van der Waals surface area (Å²) in [7, 11) is 0. The van der Waals surface area contributed by atoms with Crippen molar-refractivity contribution in [3.63, 3.8) is 0 Å². The van der Waals surface area contributed by atoms with Gasteiger partial charge in [0, 0.05) is 0 Å². The highest BCUT2D eigenvalue weighted by molar-refractivity contribution is 5.70. The second-order valence-electron chi connectivity index (χ2n) is 5.18. The molecule has 1 fully saturated rings. The second-order valence-corrected chi connectivity index (χ2v) is 5.18. The number of aryl methyl sites for hydroxylation is 1. The van der Waals surface area contributed by atoms with Crippen LogP contribution in [0.2, 0.25) is 0 Å². The Labute approximate surface area is 103 Å². The van der Waals surface area contributed by atoms with E-state index < -0.39 is 5.97 Å². The van der Waals surface area contributed by atoms with Crippen molar-refractivity contribution in [1.29, 1.82) is 0 Å². The molecular weight excluding hydrogens is 212 g/mol. The van der Waals surface area contributed by atoms with Gasteiger partial charge in [-0.15, -0.1) is 0 Å². The predicted octanol–water partition coefficient (Wildman–Crippen LogP) is 3.43. The van der Waals surface area contributed by atoms with Gasteiger partial charge in [0.2, 0.25) is 0 Å². The van der Waals surface area contributed by atoms with E-state index in [9.17, 15) is 9.90 Å². The lowest BCUT2D eigenvalue weighted by Crippen LogP contribution is -2.24. The number of benzene rings is 1. The van der Waals surface area contributed by atoms with Crippen LogP contribution in [0.4, 0.5) is 0 Å². The van der Waals surface area contributed by atoms with Gasteiger partial charge in [0.25, 0.3) is 0 Å². The summed E-state index contributed by atoms with van der Waals surface area (Å²) in [5.41, 5.74) is 2.36. The highest BCUT2D eigenvalue weighted by Crippen LogP contribution is 2.33. The summed E-state index contributed by atoms with van der Waals surface area (Å²) in [6.45, 7) is 2.05. The first-order valence-electron chi connectivity index (χ1n) is 6.45. The maximum Gasteiger partial charge on any atom is 0.307 e. The minimum atomic E-state index is -0.626. The summed E-state index contributed by atoms with van der Waals surface area (Å²) in [6, 6.07) is 8.20. The number of hydrogen-bond acceptors (Lipinski definition) is 1. The van der Waals surface area contributed by atoms with E-state index in [1.54, 1.807) is 0 Å². The molecule has 1 N–H and O–H groups in total. The minimum Gasteiger partial charge on any atom is -0.481 e. The molecule has 1 aliphatic rings. The van der Waals surface area contributed by atoms with Gasteiger partial charge in [-0.2, -0.15) is 0 Å². The van der Waals surface area contributed by atoms with Crippen LogP contribution >= 0.6 is 0 Å². The molecule has 0 aromatic heterocycles. The van der Waals surface area contributed by atoms with Gasteiger partial charge in [-0.05, 0) is 37.7 Å². The fourth-order valence-electron chi connectivity index (χ4n) is 2.91. The van der Waals surface area contributed by atoms with Crippen LogP contribution < -0.4 is 0 Å². The maximum atomic E-state index is 11.4. The fraction of sp³-hybridized carbons (Fsp3) is 0.533. The molecule has 1 atom stereocenters. The summed E-state index contributed by atoms with van der Waals surface area (Å²) in [4.78, 5) is 11.4. The van der Waals surface area contributed by atoms with Gasteiger partial charge in [-0.1, -0.05) is 42.7 Å². The third kappa shape index (κ3) is 3.09. The van der Waals surface area contributed by atoms with Crippen LogP contribution in [0, 0.1) is 18.8 Å². The van der Waals surface area contributed by atoms with E-state index in [0.717, 1.165) is 18.4 Å².